The zero-order valence-electron chi connectivity index (χ0n) is 18.5. The number of para-hydroxylation sites is 2. The molecule has 34 heavy (non-hydrogen) atoms. The number of nitrogens with one attached hydrogen (secondary N) is 2. The van der Waals surface area contributed by atoms with Gasteiger partial charge in [0.25, 0.3) is 5.91 Å². The van der Waals surface area contributed by atoms with Crippen LogP contribution in [-0.2, 0) is 0 Å². The molecule has 2 amide bonds. The Labute approximate surface area is 194 Å². The zero-order valence-corrected chi connectivity index (χ0v) is 18.5. The molecule has 0 aliphatic rings. The van der Waals surface area contributed by atoms with Crippen LogP contribution in [0.25, 0.3) is 33.3 Å². The Hall–Kier alpha value is -4.65. The second-order valence-corrected chi connectivity index (χ2v) is 7.89. The third-order valence-corrected chi connectivity index (χ3v) is 5.77. The van der Waals surface area contributed by atoms with Crippen molar-refractivity contribution in [1.82, 2.24) is 10.9 Å². The van der Waals surface area contributed by atoms with Gasteiger partial charge >= 0.3 is 5.91 Å². The van der Waals surface area contributed by atoms with Crippen molar-refractivity contribution in [3.63, 3.8) is 0 Å². The van der Waals surface area contributed by atoms with Gasteiger partial charge in [0.05, 0.1) is 10.9 Å². The maximum absolute atomic E-state index is 13.0. The minimum Gasteiger partial charge on any atom is -0.455 e. The molecular weight excluding hydrogens is 432 g/mol. The number of hydrogen-bond donors (Lipinski definition) is 2. The average Bonchev–Trinajstić information content (AvgIpc) is 3.21. The van der Waals surface area contributed by atoms with Crippen LogP contribution < -0.4 is 16.3 Å². The van der Waals surface area contributed by atoms with E-state index in [0.29, 0.717) is 22.5 Å². The van der Waals surface area contributed by atoms with Gasteiger partial charge in [-0.1, -0.05) is 54.6 Å². The topological polar surface area (TPSA) is 102 Å². The van der Waals surface area contributed by atoms with Crippen molar-refractivity contribution in [2.24, 2.45) is 0 Å². The first-order valence-corrected chi connectivity index (χ1v) is 10.7. The zero-order chi connectivity index (χ0) is 23.8. The lowest BCUT2D eigenvalue weighted by Crippen LogP contribution is -2.41. The number of benzene rings is 3. The first-order valence-electron chi connectivity index (χ1n) is 10.7. The Morgan fingerprint density at radius 2 is 1.38 bits per heavy atom. The summed E-state index contributed by atoms with van der Waals surface area (Å²) in [6, 6.07) is 21.2. The van der Waals surface area contributed by atoms with Crippen LogP contribution in [0.4, 0.5) is 0 Å². The monoisotopic (exact) mass is 452 g/mol. The van der Waals surface area contributed by atoms with Crippen molar-refractivity contribution in [2.45, 2.75) is 13.8 Å². The van der Waals surface area contributed by atoms with Gasteiger partial charge in [-0.25, -0.2) is 0 Å². The summed E-state index contributed by atoms with van der Waals surface area (Å²) in [5, 5.41) is 1.10. The standard InChI is InChI=1S/C27H20N2O5/c1-15-18-11-6-7-14-21(18)33-24(15)27(32)29-28-26(31)20-13-8-12-19-22(30)16(2)23(34-25(19)20)17-9-4-3-5-10-17/h3-14H,1-2H3,(H,28,31)(H,29,32). The van der Waals surface area contributed by atoms with E-state index in [2.05, 4.69) is 10.9 Å². The molecule has 168 valence electrons. The van der Waals surface area contributed by atoms with E-state index in [9.17, 15) is 14.4 Å². The van der Waals surface area contributed by atoms with E-state index in [1.807, 2.05) is 48.5 Å². The van der Waals surface area contributed by atoms with Gasteiger partial charge in [-0.15, -0.1) is 0 Å². The number of fused-ring (bicyclic) bond motifs is 2. The van der Waals surface area contributed by atoms with Crippen LogP contribution in [-0.4, -0.2) is 11.8 Å². The molecule has 0 unspecified atom stereocenters. The minimum atomic E-state index is -0.626. The van der Waals surface area contributed by atoms with E-state index in [4.69, 9.17) is 8.83 Å². The number of hydrogen-bond acceptors (Lipinski definition) is 5. The Bertz CT molecular complexity index is 1630. The number of amides is 2. The molecule has 0 spiro atoms. The Balaban J connectivity index is 1.47. The molecule has 2 N–H and O–H groups in total. The number of rotatable bonds is 3. The Morgan fingerprint density at radius 1 is 0.706 bits per heavy atom. The number of carbonyl (C=O) groups is 2. The second-order valence-electron chi connectivity index (χ2n) is 7.89. The molecule has 2 aromatic heterocycles. The van der Waals surface area contributed by atoms with Crippen molar-refractivity contribution < 1.29 is 18.4 Å². The molecule has 0 atom stereocenters. The van der Waals surface area contributed by atoms with E-state index in [0.717, 1.165) is 10.9 Å². The van der Waals surface area contributed by atoms with Gasteiger partial charge in [0, 0.05) is 22.1 Å². The van der Waals surface area contributed by atoms with Crippen LogP contribution in [0, 0.1) is 13.8 Å². The highest BCUT2D eigenvalue weighted by Gasteiger charge is 2.21. The molecule has 0 fully saturated rings. The molecule has 0 aliphatic heterocycles. The van der Waals surface area contributed by atoms with Crippen LogP contribution in [0.15, 0.2) is 86.4 Å². The molecule has 7 nitrogen and oxygen atoms in total. The lowest BCUT2D eigenvalue weighted by Gasteiger charge is -2.11. The maximum Gasteiger partial charge on any atom is 0.305 e. The van der Waals surface area contributed by atoms with Gasteiger partial charge in [0.15, 0.2) is 16.8 Å². The number of carbonyl (C=O) groups excluding carboxylic acids is 2. The van der Waals surface area contributed by atoms with E-state index in [1.165, 1.54) is 6.07 Å². The molecule has 0 radical (unpaired) electrons. The van der Waals surface area contributed by atoms with Gasteiger partial charge in [-0.2, -0.15) is 0 Å². The van der Waals surface area contributed by atoms with Crippen LogP contribution >= 0.6 is 0 Å². The molecule has 3 aromatic carbocycles. The molecule has 0 saturated heterocycles. The van der Waals surface area contributed by atoms with Crippen molar-refractivity contribution in [1.29, 1.82) is 0 Å². The first kappa shape index (κ1) is 21.2. The quantitative estimate of drug-likeness (QED) is 0.379. The first-order chi connectivity index (χ1) is 16.5. The number of furan rings is 1. The molecule has 0 aliphatic carbocycles. The van der Waals surface area contributed by atoms with Crippen molar-refractivity contribution in [3.8, 4) is 11.3 Å². The fourth-order valence-electron chi connectivity index (χ4n) is 3.98. The maximum atomic E-state index is 13.0. The smallest absolute Gasteiger partial charge is 0.305 e. The third kappa shape index (κ3) is 3.53. The third-order valence-electron chi connectivity index (χ3n) is 5.77. The molecule has 5 rings (SSSR count). The Kier molecular flexibility index (Phi) is 5.22. The van der Waals surface area contributed by atoms with Crippen LogP contribution in [0.2, 0.25) is 0 Å². The predicted molar refractivity (Wildman–Crippen MR) is 129 cm³/mol. The van der Waals surface area contributed by atoms with Crippen LogP contribution in [0.5, 0.6) is 0 Å². The van der Waals surface area contributed by atoms with Gasteiger partial charge in [-0.05, 0) is 32.0 Å². The Morgan fingerprint density at radius 3 is 2.15 bits per heavy atom. The minimum absolute atomic E-state index is 0.105. The average molecular weight is 452 g/mol. The van der Waals surface area contributed by atoms with Crippen LogP contribution in [0.3, 0.4) is 0 Å². The fraction of sp³-hybridized carbons (Fsp3) is 0.0741. The van der Waals surface area contributed by atoms with Gasteiger partial charge < -0.3 is 8.83 Å². The normalized spacial score (nSPS) is 11.0. The molecule has 0 saturated carbocycles. The summed E-state index contributed by atoms with van der Waals surface area (Å²) in [6.45, 7) is 3.46. The second kappa shape index (κ2) is 8.37. The van der Waals surface area contributed by atoms with E-state index in [1.54, 1.807) is 32.0 Å². The molecular formula is C27H20N2O5. The SMILES string of the molecule is Cc1c(-c2ccccc2)oc2c(C(=O)NNC(=O)c3oc4ccccc4c3C)cccc2c1=O. The summed E-state index contributed by atoms with van der Waals surface area (Å²) in [7, 11) is 0. The van der Waals surface area contributed by atoms with E-state index < -0.39 is 11.8 Å². The number of aryl methyl sites for hydroxylation is 1. The highest BCUT2D eigenvalue weighted by Crippen LogP contribution is 2.27. The van der Waals surface area contributed by atoms with Crippen molar-refractivity contribution in [3.05, 3.63) is 105 Å². The summed E-state index contributed by atoms with van der Waals surface area (Å²) in [5.74, 6) is -0.725. The highest BCUT2D eigenvalue weighted by atomic mass is 16.3. The van der Waals surface area contributed by atoms with Gasteiger partial charge in [0.2, 0.25) is 0 Å². The van der Waals surface area contributed by atoms with Gasteiger partial charge in [0.1, 0.15) is 11.3 Å². The summed E-state index contributed by atoms with van der Waals surface area (Å²) in [5.41, 5.74) is 7.24. The lowest BCUT2D eigenvalue weighted by atomic mass is 10.0. The largest absolute Gasteiger partial charge is 0.455 e. The fourth-order valence-corrected chi connectivity index (χ4v) is 3.98. The van der Waals surface area contributed by atoms with Crippen molar-refractivity contribution >= 4 is 33.8 Å². The molecule has 7 heteroatoms. The highest BCUT2D eigenvalue weighted by molar-refractivity contribution is 6.06. The van der Waals surface area contributed by atoms with E-state index >= 15 is 0 Å². The van der Waals surface area contributed by atoms with E-state index in [-0.39, 0.29) is 27.7 Å². The summed E-state index contributed by atoms with van der Waals surface area (Å²) in [6.07, 6.45) is 0. The van der Waals surface area contributed by atoms with Crippen LogP contribution in [0.1, 0.15) is 32.0 Å². The molecule has 5 aromatic rings. The predicted octanol–water partition coefficient (Wildman–Crippen LogP) is 4.90. The summed E-state index contributed by atoms with van der Waals surface area (Å²) >= 11 is 0. The molecule has 2 heterocycles. The van der Waals surface area contributed by atoms with Gasteiger partial charge in [-0.3, -0.25) is 25.2 Å². The number of hydrazine groups is 1. The van der Waals surface area contributed by atoms with Crippen molar-refractivity contribution in [2.75, 3.05) is 0 Å². The summed E-state index contributed by atoms with van der Waals surface area (Å²) < 4.78 is 11.7. The molecule has 0 bridgehead atoms. The lowest BCUT2D eigenvalue weighted by molar-refractivity contribution is 0.0832. The summed E-state index contributed by atoms with van der Waals surface area (Å²) in [4.78, 5) is 38.7.